The van der Waals surface area contributed by atoms with Crippen LogP contribution in [0.25, 0.3) is 0 Å². The Kier molecular flexibility index (Phi) is 5.90. The molecule has 0 fully saturated rings. The number of fused-ring (bicyclic) bond motifs is 2. The number of anilines is 1. The van der Waals surface area contributed by atoms with Crippen molar-refractivity contribution in [1.82, 2.24) is 9.97 Å². The van der Waals surface area contributed by atoms with Crippen LogP contribution in [0.15, 0.2) is 8.57 Å². The minimum Gasteiger partial charge on any atom is -0.383 e. The van der Waals surface area contributed by atoms with Gasteiger partial charge in [-0.3, -0.25) is 4.98 Å². The van der Waals surface area contributed by atoms with Crippen LogP contribution < -0.4 is 10.5 Å². The number of carbonyl (C=O) groups is 1. The minimum atomic E-state index is -3.59. The summed E-state index contributed by atoms with van der Waals surface area (Å²) >= 11 is 0.977. The predicted octanol–water partition coefficient (Wildman–Crippen LogP) is 2.82. The first-order valence-electron chi connectivity index (χ1n) is 10.2. The Morgan fingerprint density at radius 3 is 2.39 bits per heavy atom. The molecule has 11 heteroatoms. The molecule has 9 nitrogen and oxygen atoms in total. The number of thiazole rings is 1. The number of aromatic nitrogens is 2. The van der Waals surface area contributed by atoms with E-state index in [-0.39, 0.29) is 10.8 Å². The number of pyridine rings is 1. The molecule has 0 spiro atoms. The second-order valence-electron chi connectivity index (χ2n) is 8.38. The number of aryl methyl sites for hydroxylation is 2. The maximum atomic E-state index is 13.3. The van der Waals surface area contributed by atoms with Gasteiger partial charge in [0, 0.05) is 18.5 Å². The smallest absolute Gasteiger partial charge is 0.354 e. The molecule has 4 rings (SSSR count). The number of methoxy groups -OCH3 is 1. The second-order valence-corrected chi connectivity index (χ2v) is 11.4. The number of nitrogens with one attached hydrogen (secondary N) is 1. The second kappa shape index (κ2) is 8.21. The Hall–Kier alpha value is -1.92. The fourth-order valence-corrected chi connectivity index (χ4v) is 6.53. The third-order valence-electron chi connectivity index (χ3n) is 5.43. The summed E-state index contributed by atoms with van der Waals surface area (Å²) in [5.41, 5.74) is 3.98. The number of ether oxygens (including phenoxy) is 1. The van der Waals surface area contributed by atoms with Gasteiger partial charge in [0.15, 0.2) is 9.92 Å². The molecule has 2 heterocycles. The zero-order valence-corrected chi connectivity index (χ0v) is 19.5. The summed E-state index contributed by atoms with van der Waals surface area (Å²) in [4.78, 5) is 21.9. The molecule has 4 N–H and O–H groups in total. The van der Waals surface area contributed by atoms with Gasteiger partial charge in [-0.05, 0) is 63.5 Å². The first-order valence-corrected chi connectivity index (χ1v) is 12.6. The summed E-state index contributed by atoms with van der Waals surface area (Å²) in [5, 5.41) is 19.5. The van der Waals surface area contributed by atoms with Crippen molar-refractivity contribution in [1.29, 1.82) is 0 Å². The van der Waals surface area contributed by atoms with Crippen molar-refractivity contribution in [3.63, 3.8) is 0 Å². The Balaban J connectivity index is 1.69. The molecule has 0 bridgehead atoms. The molecule has 0 unspecified atom stereocenters. The number of rotatable bonds is 5. The summed E-state index contributed by atoms with van der Waals surface area (Å²) in [6, 6.07) is -0.761. The molecule has 0 aromatic carbocycles. The van der Waals surface area contributed by atoms with Gasteiger partial charge in [0.25, 0.3) is 0 Å². The lowest BCUT2D eigenvalue weighted by Crippen LogP contribution is -2.19. The third-order valence-corrected chi connectivity index (χ3v) is 8.81. The van der Waals surface area contributed by atoms with E-state index in [1.165, 1.54) is 7.11 Å². The molecule has 2 aromatic rings. The van der Waals surface area contributed by atoms with Gasteiger partial charge < -0.3 is 15.2 Å². The monoisotopic (exact) mass is 465 g/mol. The van der Waals surface area contributed by atoms with E-state index < -0.39 is 21.5 Å². The molecule has 31 heavy (non-hydrogen) atoms. The van der Waals surface area contributed by atoms with Crippen molar-refractivity contribution in [2.75, 3.05) is 12.4 Å². The maximum Gasteiger partial charge on any atom is 0.354 e. The van der Waals surface area contributed by atoms with Crippen molar-refractivity contribution < 1.29 is 18.8 Å². The molecular weight excluding hydrogens is 438 g/mol. The summed E-state index contributed by atoms with van der Waals surface area (Å²) < 4.78 is 22.3. The number of hydrogen-bond donors (Lipinski definition) is 3. The maximum absolute atomic E-state index is 13.3. The minimum absolute atomic E-state index is 0.0403. The van der Waals surface area contributed by atoms with E-state index in [4.69, 9.17) is 14.9 Å². The van der Waals surface area contributed by atoms with E-state index in [0.717, 1.165) is 78.1 Å². The highest BCUT2D eigenvalue weighted by atomic mass is 32.2. The van der Waals surface area contributed by atoms with Crippen LogP contribution >= 0.6 is 11.3 Å². The normalized spacial score (nSPS) is 17.2. The van der Waals surface area contributed by atoms with Crippen LogP contribution in [0.4, 0.5) is 10.5 Å². The van der Waals surface area contributed by atoms with E-state index in [2.05, 4.69) is 14.7 Å². The molecule has 1 atom stereocenters. The van der Waals surface area contributed by atoms with E-state index in [1.807, 2.05) is 0 Å². The Morgan fingerprint density at radius 1 is 1.23 bits per heavy atom. The molecule has 0 aliphatic heterocycles. The van der Waals surface area contributed by atoms with Crippen LogP contribution in [0.3, 0.4) is 0 Å². The van der Waals surface area contributed by atoms with Crippen molar-refractivity contribution >= 4 is 33.0 Å². The van der Waals surface area contributed by atoms with Gasteiger partial charge in [0.1, 0.15) is 14.8 Å². The van der Waals surface area contributed by atoms with E-state index in [9.17, 15) is 14.1 Å². The van der Waals surface area contributed by atoms with E-state index in [1.54, 1.807) is 13.8 Å². The lowest BCUT2D eigenvalue weighted by molar-refractivity contribution is 0.0776. The van der Waals surface area contributed by atoms with Crippen molar-refractivity contribution in [3.05, 3.63) is 33.2 Å². The summed E-state index contributed by atoms with van der Waals surface area (Å²) in [6.45, 7) is 3.18. The van der Waals surface area contributed by atoms with Gasteiger partial charge in [-0.25, -0.2) is 19.1 Å². The average Bonchev–Trinajstić information content (AvgIpc) is 3.39. The highest BCUT2D eigenvalue weighted by molar-refractivity contribution is 7.93. The van der Waals surface area contributed by atoms with Crippen LogP contribution in [-0.4, -0.2) is 32.4 Å². The summed E-state index contributed by atoms with van der Waals surface area (Å²) in [5.74, 6) is 0. The largest absolute Gasteiger partial charge is 0.383 e. The van der Waals surface area contributed by atoms with Crippen LogP contribution in [-0.2, 0) is 52.5 Å². The molecule has 0 saturated carbocycles. The highest BCUT2D eigenvalue weighted by Crippen LogP contribution is 2.37. The molecule has 2 amide bonds. The Labute approximate surface area is 185 Å². The fourth-order valence-electron chi connectivity index (χ4n) is 4.09. The van der Waals surface area contributed by atoms with Crippen LogP contribution in [0.5, 0.6) is 0 Å². The van der Waals surface area contributed by atoms with Crippen molar-refractivity contribution in [2.45, 2.75) is 68.8 Å². The number of carbonyl (C=O) groups excluding carboxylic acids is 1. The highest BCUT2D eigenvalue weighted by Gasteiger charge is 2.29. The zero-order valence-electron chi connectivity index (χ0n) is 17.9. The Morgan fingerprint density at radius 2 is 1.84 bits per heavy atom. The quantitative estimate of drug-likeness (QED) is 0.620. The SMILES string of the molecule is COCc1nc(C(C)(C)O)sc1[S@](N)(=O)=NC(=O)Nc1c2c(nc3c1CCC3)CCC2. The lowest BCUT2D eigenvalue weighted by Gasteiger charge is -2.14. The van der Waals surface area contributed by atoms with Gasteiger partial charge in [-0.2, -0.15) is 0 Å². The number of nitrogens with zero attached hydrogens (tertiary/aromatic N) is 3. The van der Waals surface area contributed by atoms with Gasteiger partial charge in [-0.15, -0.1) is 15.7 Å². The van der Waals surface area contributed by atoms with Crippen molar-refractivity contribution in [2.24, 2.45) is 9.50 Å². The zero-order chi connectivity index (χ0) is 22.4. The summed E-state index contributed by atoms with van der Waals surface area (Å²) in [6.07, 6.45) is 5.50. The molecule has 0 radical (unpaired) electrons. The van der Waals surface area contributed by atoms with Crippen LogP contribution in [0.1, 0.15) is 59.9 Å². The first-order chi connectivity index (χ1) is 14.6. The van der Waals surface area contributed by atoms with Gasteiger partial charge >= 0.3 is 6.03 Å². The third kappa shape index (κ3) is 4.37. The Bertz CT molecular complexity index is 1130. The molecule has 0 saturated heterocycles. The van der Waals surface area contributed by atoms with Gasteiger partial charge in [0.05, 0.1) is 18.0 Å². The number of hydrogen-bond acceptors (Lipinski definition) is 7. The van der Waals surface area contributed by atoms with Crippen LogP contribution in [0.2, 0.25) is 0 Å². The number of nitrogens with two attached hydrogens (primary N) is 1. The number of amides is 2. The summed E-state index contributed by atoms with van der Waals surface area (Å²) in [7, 11) is -2.12. The van der Waals surface area contributed by atoms with Gasteiger partial charge in [0.2, 0.25) is 0 Å². The predicted molar refractivity (Wildman–Crippen MR) is 118 cm³/mol. The molecule has 2 aromatic heterocycles. The fraction of sp³-hybridized carbons (Fsp3) is 0.550. The molecule has 168 valence electrons. The standard InChI is InChI=1S/C20H27N5O4S2/c1-20(2,27)18-23-15(10-29-3)17(30-18)31(21,28)25-19(26)24-16-11-6-4-8-13(11)22-14-9-5-7-12(14)16/h27H,4-10H2,1-3H3,(H3,21,22,24,25,26,28)/t31-/m1/s1. The average molecular weight is 466 g/mol. The van der Waals surface area contributed by atoms with Crippen molar-refractivity contribution in [3.8, 4) is 0 Å². The number of urea groups is 1. The molecule has 2 aliphatic carbocycles. The number of aliphatic hydroxyl groups is 1. The van der Waals surface area contributed by atoms with Gasteiger partial charge in [-0.1, -0.05) is 0 Å². The van der Waals surface area contributed by atoms with E-state index >= 15 is 0 Å². The molecule has 2 aliphatic rings. The first kappa shape index (κ1) is 22.3. The van der Waals surface area contributed by atoms with Crippen LogP contribution in [0, 0.1) is 0 Å². The molecular formula is C20H27N5O4S2. The van der Waals surface area contributed by atoms with E-state index in [0.29, 0.717) is 10.7 Å². The topological polar surface area (TPSA) is 140 Å². The lowest BCUT2D eigenvalue weighted by atomic mass is 10.1.